The molecule has 0 radical (unpaired) electrons. The highest BCUT2D eigenvalue weighted by Crippen LogP contribution is 2.52. The van der Waals surface area contributed by atoms with Gasteiger partial charge in [0.15, 0.2) is 0 Å². The van der Waals surface area contributed by atoms with Crippen LogP contribution in [0.25, 0.3) is 11.1 Å². The topological polar surface area (TPSA) is 189 Å². The van der Waals surface area contributed by atoms with Crippen LogP contribution in [0, 0.1) is 0 Å². The summed E-state index contributed by atoms with van der Waals surface area (Å²) >= 11 is 0. The monoisotopic (exact) mass is 1030 g/mol. The Morgan fingerprint density at radius 2 is 1.37 bits per heavy atom. The Bertz CT molecular complexity index is 2610. The Labute approximate surface area is 429 Å². The van der Waals surface area contributed by atoms with E-state index < -0.39 is 39.4 Å². The first-order valence-corrected chi connectivity index (χ1v) is 26.6. The SMILES string of the molecule is COCCOCCOCCOCCOCCOCCN1c2cc3c(cc2C(C)=CC1(C)C)C(/C=C1\N(CCCCCC(=O)ON2C(=O)CCC2=O)c2ccc(S(=O)(=O)O)cc2C1(C)C)=CC(c1ccccc1)O3. The fourth-order valence-corrected chi connectivity index (χ4v) is 10.2. The third-order valence-corrected chi connectivity index (χ3v) is 14.2. The number of imide groups is 1. The first-order chi connectivity index (χ1) is 35.0. The Morgan fingerprint density at radius 3 is 1.99 bits per heavy atom. The molecule has 4 heterocycles. The van der Waals surface area contributed by atoms with Crippen LogP contribution in [0.15, 0.2) is 89.5 Å². The predicted molar refractivity (Wildman–Crippen MR) is 276 cm³/mol. The number of anilines is 2. The number of benzene rings is 3. The zero-order valence-electron chi connectivity index (χ0n) is 43.0. The van der Waals surface area contributed by atoms with Crippen molar-refractivity contribution in [3.8, 4) is 5.75 Å². The highest BCUT2D eigenvalue weighted by molar-refractivity contribution is 7.85. The van der Waals surface area contributed by atoms with Crippen LogP contribution >= 0.6 is 0 Å². The molecule has 73 heavy (non-hydrogen) atoms. The number of nitrogens with zero attached hydrogens (tertiary/aromatic N) is 3. The molecule has 1 atom stereocenters. The van der Waals surface area contributed by atoms with E-state index in [9.17, 15) is 27.4 Å². The minimum atomic E-state index is -4.50. The molecule has 1 saturated heterocycles. The lowest BCUT2D eigenvalue weighted by Crippen LogP contribution is -2.47. The molecule has 4 aliphatic rings. The van der Waals surface area contributed by atoms with Gasteiger partial charge in [0.2, 0.25) is 0 Å². The summed E-state index contributed by atoms with van der Waals surface area (Å²) in [5.74, 6) is -0.971. The zero-order chi connectivity index (χ0) is 52.2. The van der Waals surface area contributed by atoms with E-state index in [0.29, 0.717) is 116 Å². The third-order valence-electron chi connectivity index (χ3n) is 13.4. The molecular formula is C55H71N3O14S. The predicted octanol–water partition coefficient (Wildman–Crippen LogP) is 8.03. The van der Waals surface area contributed by atoms with Crippen LogP contribution in [-0.2, 0) is 63.2 Å². The Morgan fingerprint density at radius 1 is 0.753 bits per heavy atom. The molecule has 0 saturated carbocycles. The molecule has 4 aliphatic heterocycles. The second-order valence-corrected chi connectivity index (χ2v) is 20.9. The smallest absolute Gasteiger partial charge is 0.333 e. The highest BCUT2D eigenvalue weighted by Gasteiger charge is 2.42. The van der Waals surface area contributed by atoms with E-state index in [2.05, 4.69) is 60.9 Å². The lowest BCUT2D eigenvalue weighted by atomic mass is 9.81. The van der Waals surface area contributed by atoms with Gasteiger partial charge in [-0.15, -0.1) is 5.06 Å². The minimum Gasteiger partial charge on any atom is -0.481 e. The number of hydrogen-bond acceptors (Lipinski definition) is 15. The summed E-state index contributed by atoms with van der Waals surface area (Å²) in [6.45, 7) is 17.1. The van der Waals surface area contributed by atoms with Crippen LogP contribution in [0.3, 0.4) is 0 Å². The molecule has 396 valence electrons. The molecule has 3 aromatic carbocycles. The quantitative estimate of drug-likeness (QED) is 0.0418. The molecule has 2 amide bonds. The molecule has 0 spiro atoms. The number of amides is 2. The number of hydroxylamine groups is 2. The van der Waals surface area contributed by atoms with Gasteiger partial charge in [-0.25, -0.2) is 4.79 Å². The molecule has 1 unspecified atom stereocenters. The van der Waals surface area contributed by atoms with E-state index in [4.69, 9.17) is 38.0 Å². The molecule has 1 fully saturated rings. The van der Waals surface area contributed by atoms with Gasteiger partial charge in [-0.1, -0.05) is 56.7 Å². The van der Waals surface area contributed by atoms with Crippen molar-refractivity contribution in [2.75, 3.05) is 103 Å². The zero-order valence-corrected chi connectivity index (χ0v) is 43.8. The van der Waals surface area contributed by atoms with E-state index in [-0.39, 0.29) is 29.7 Å². The van der Waals surface area contributed by atoms with E-state index in [1.165, 1.54) is 6.07 Å². The number of rotatable bonds is 28. The van der Waals surface area contributed by atoms with Crippen LogP contribution in [0.1, 0.15) is 102 Å². The number of ether oxygens (including phenoxy) is 7. The number of allylic oxidation sites excluding steroid dienone is 4. The lowest BCUT2D eigenvalue weighted by molar-refractivity contribution is -0.197. The largest absolute Gasteiger partial charge is 0.481 e. The normalized spacial score (nSPS) is 18.4. The Hall–Kier alpha value is -5.44. The molecular weight excluding hydrogens is 959 g/mol. The second-order valence-electron chi connectivity index (χ2n) is 19.4. The average molecular weight is 1030 g/mol. The van der Waals surface area contributed by atoms with Crippen LogP contribution in [0.5, 0.6) is 5.75 Å². The summed E-state index contributed by atoms with van der Waals surface area (Å²) in [4.78, 5) is 46.0. The fourth-order valence-electron chi connectivity index (χ4n) is 9.66. The van der Waals surface area contributed by atoms with Crippen molar-refractivity contribution < 1.29 is 65.3 Å². The first kappa shape index (κ1) is 55.3. The van der Waals surface area contributed by atoms with Gasteiger partial charge in [0.25, 0.3) is 21.9 Å². The number of carbonyl (C=O) groups excluding carboxylic acids is 3. The maximum atomic E-state index is 12.6. The van der Waals surface area contributed by atoms with Crippen molar-refractivity contribution in [2.24, 2.45) is 0 Å². The van der Waals surface area contributed by atoms with Gasteiger partial charge in [-0.2, -0.15) is 8.42 Å². The summed E-state index contributed by atoms with van der Waals surface area (Å²) < 4.78 is 75.3. The van der Waals surface area contributed by atoms with Gasteiger partial charge in [-0.3, -0.25) is 14.1 Å². The highest BCUT2D eigenvalue weighted by atomic mass is 32.2. The summed E-state index contributed by atoms with van der Waals surface area (Å²) in [6.07, 6.45) is 7.95. The fraction of sp³-hybridized carbons (Fsp3) is 0.509. The van der Waals surface area contributed by atoms with Crippen molar-refractivity contribution in [3.63, 3.8) is 0 Å². The molecule has 17 nitrogen and oxygen atoms in total. The molecule has 18 heteroatoms. The number of methoxy groups -OCH3 is 1. The lowest BCUT2D eigenvalue weighted by Gasteiger charge is -2.44. The van der Waals surface area contributed by atoms with Crippen molar-refractivity contribution >= 4 is 50.4 Å². The minimum absolute atomic E-state index is 0.0258. The number of unbranched alkanes of at least 4 members (excludes halogenated alkanes) is 2. The first-order valence-electron chi connectivity index (χ1n) is 25.1. The van der Waals surface area contributed by atoms with Gasteiger partial charge in [0.1, 0.15) is 11.9 Å². The van der Waals surface area contributed by atoms with Crippen molar-refractivity contribution in [1.82, 2.24) is 5.06 Å². The van der Waals surface area contributed by atoms with Gasteiger partial charge in [0.05, 0.1) is 83.1 Å². The molecule has 7 rings (SSSR count). The van der Waals surface area contributed by atoms with Crippen molar-refractivity contribution in [2.45, 2.75) is 95.1 Å². The van der Waals surface area contributed by atoms with Gasteiger partial charge >= 0.3 is 5.97 Å². The average Bonchev–Trinajstić information content (AvgIpc) is 3.78. The maximum Gasteiger partial charge on any atom is 0.333 e. The Balaban J connectivity index is 1.07. The van der Waals surface area contributed by atoms with Gasteiger partial charge in [0, 0.05) is 79.1 Å². The van der Waals surface area contributed by atoms with Crippen molar-refractivity contribution in [3.05, 3.63) is 107 Å². The van der Waals surface area contributed by atoms with Crippen LogP contribution in [-0.4, -0.2) is 134 Å². The van der Waals surface area contributed by atoms with Crippen LogP contribution in [0.2, 0.25) is 0 Å². The van der Waals surface area contributed by atoms with Crippen LogP contribution < -0.4 is 14.5 Å². The molecule has 1 N–H and O–H groups in total. The number of hydrogen-bond donors (Lipinski definition) is 1. The second kappa shape index (κ2) is 25.2. The van der Waals surface area contributed by atoms with E-state index in [0.717, 1.165) is 50.5 Å². The summed E-state index contributed by atoms with van der Waals surface area (Å²) in [6, 6.07) is 19.1. The van der Waals surface area contributed by atoms with Crippen LogP contribution in [0.4, 0.5) is 11.4 Å². The van der Waals surface area contributed by atoms with Gasteiger partial charge in [-0.05, 0) is 92.3 Å². The third kappa shape index (κ3) is 14.0. The number of fused-ring (bicyclic) bond motifs is 3. The van der Waals surface area contributed by atoms with E-state index >= 15 is 0 Å². The van der Waals surface area contributed by atoms with E-state index in [1.807, 2.05) is 44.2 Å². The van der Waals surface area contributed by atoms with E-state index in [1.54, 1.807) is 19.2 Å². The Kier molecular flexibility index (Phi) is 19.1. The standard InChI is InChI=1S/C55H71N3O14S/c1-39-38-54(2,3)57(21-22-66-25-26-68-29-30-70-32-31-69-28-27-67-24-23-65-6)47-37-49-44(36-43(39)47)41(33-48(71-49)40-13-9-7-10-14-40)34-50-55(4,5)45-35-42(73(62,63)64)16-17-46(45)56(50)20-12-8-11-15-53(61)72-58-51(59)18-19-52(58)60/h7,9-10,13-14,16-17,33-38,48H,8,11-12,15,18-32H2,1-6H3,(H,62,63,64)/b50-34-. The molecule has 0 bridgehead atoms. The van der Waals surface area contributed by atoms with Gasteiger partial charge < -0.3 is 47.8 Å². The summed E-state index contributed by atoms with van der Waals surface area (Å²) in [5.41, 5.74) is 7.40. The molecule has 3 aromatic rings. The molecule has 0 aromatic heterocycles. The van der Waals surface area contributed by atoms with Crippen molar-refractivity contribution in [1.29, 1.82) is 0 Å². The number of carbonyl (C=O) groups is 3. The molecule has 0 aliphatic carbocycles. The maximum absolute atomic E-state index is 12.6. The summed E-state index contributed by atoms with van der Waals surface area (Å²) in [7, 11) is -2.86. The summed E-state index contributed by atoms with van der Waals surface area (Å²) in [5, 5.41) is 0.568.